The van der Waals surface area contributed by atoms with Crippen molar-refractivity contribution in [1.29, 1.82) is 0 Å². The van der Waals surface area contributed by atoms with E-state index in [2.05, 4.69) is 31.0 Å². The van der Waals surface area contributed by atoms with Crippen molar-refractivity contribution < 1.29 is 4.79 Å². The molecule has 0 aromatic heterocycles. The molecule has 0 rings (SSSR count). The summed E-state index contributed by atoms with van der Waals surface area (Å²) in [4.78, 5) is 13.9. The molecule has 4 nitrogen and oxygen atoms in total. The minimum Gasteiger partial charge on any atom is -0.368 e. The normalized spacial score (nSPS) is 14.9. The molecule has 0 aliphatic rings. The third-order valence-corrected chi connectivity index (χ3v) is 2.93. The van der Waals surface area contributed by atoms with Crippen LogP contribution in [0.4, 0.5) is 0 Å². The first-order chi connectivity index (χ1) is 8.00. The molecule has 1 atom stereocenters. The van der Waals surface area contributed by atoms with E-state index in [4.69, 9.17) is 5.73 Å². The lowest BCUT2D eigenvalue weighted by atomic mass is 10.00. The summed E-state index contributed by atoms with van der Waals surface area (Å²) in [6.45, 7) is 11.9. The number of nitrogens with two attached hydrogens (primary N) is 1. The summed E-state index contributed by atoms with van der Waals surface area (Å²) in [6, 6.07) is 0. The van der Waals surface area contributed by atoms with Crippen LogP contribution in [0.5, 0.6) is 0 Å². The highest BCUT2D eigenvalue weighted by Gasteiger charge is 2.31. The number of hydrogen-bond donors (Lipinski definition) is 2. The summed E-state index contributed by atoms with van der Waals surface area (Å²) in [7, 11) is 0. The molecule has 0 aliphatic carbocycles. The summed E-state index contributed by atoms with van der Waals surface area (Å²) in [5, 5.41) is 3.28. The molecule has 102 valence electrons. The zero-order chi connectivity index (χ0) is 13.3. The van der Waals surface area contributed by atoms with Gasteiger partial charge in [0.05, 0.1) is 0 Å². The molecule has 0 fully saturated rings. The molecule has 3 N–H and O–H groups in total. The standard InChI is InChI=1S/C13H29N3O/c1-5-8-15-13(4,12(14)17)11-16(9-6-2)10-7-3/h15H,5-11H2,1-4H3,(H2,14,17). The maximum atomic E-state index is 11.6. The SMILES string of the molecule is CCCNC(C)(CN(CCC)CCC)C(N)=O. The van der Waals surface area contributed by atoms with Gasteiger partial charge in [0, 0.05) is 6.54 Å². The summed E-state index contributed by atoms with van der Waals surface area (Å²) < 4.78 is 0. The maximum absolute atomic E-state index is 11.6. The number of carbonyl (C=O) groups excluding carboxylic acids is 1. The van der Waals surface area contributed by atoms with Gasteiger partial charge in [-0.1, -0.05) is 20.8 Å². The number of hydrogen-bond acceptors (Lipinski definition) is 3. The molecule has 4 heteroatoms. The van der Waals surface area contributed by atoms with Gasteiger partial charge in [-0.25, -0.2) is 0 Å². The van der Waals surface area contributed by atoms with E-state index in [-0.39, 0.29) is 5.91 Å². The Bertz CT molecular complexity index is 215. The third-order valence-electron chi connectivity index (χ3n) is 2.93. The van der Waals surface area contributed by atoms with Gasteiger partial charge in [-0.15, -0.1) is 0 Å². The summed E-state index contributed by atoms with van der Waals surface area (Å²) in [5.41, 5.74) is 4.91. The van der Waals surface area contributed by atoms with Crippen LogP contribution in [0.1, 0.15) is 47.0 Å². The minimum absolute atomic E-state index is 0.261. The van der Waals surface area contributed by atoms with Crippen molar-refractivity contribution in [3.8, 4) is 0 Å². The van der Waals surface area contributed by atoms with Crippen LogP contribution in [0, 0.1) is 0 Å². The summed E-state index contributed by atoms with van der Waals surface area (Å²) in [6.07, 6.45) is 3.20. The highest BCUT2D eigenvalue weighted by Crippen LogP contribution is 2.08. The van der Waals surface area contributed by atoms with Crippen molar-refractivity contribution >= 4 is 5.91 Å². The number of nitrogens with zero attached hydrogens (tertiary/aromatic N) is 1. The minimum atomic E-state index is -0.611. The molecule has 0 spiro atoms. The van der Waals surface area contributed by atoms with Crippen molar-refractivity contribution in [2.24, 2.45) is 5.73 Å². The molecule has 0 radical (unpaired) electrons. The zero-order valence-corrected chi connectivity index (χ0v) is 11.9. The zero-order valence-electron chi connectivity index (χ0n) is 11.9. The first-order valence-electron chi connectivity index (χ1n) is 6.77. The number of carbonyl (C=O) groups is 1. The number of amides is 1. The lowest BCUT2D eigenvalue weighted by molar-refractivity contribution is -0.124. The lowest BCUT2D eigenvalue weighted by Gasteiger charge is -2.34. The van der Waals surface area contributed by atoms with Crippen molar-refractivity contribution in [1.82, 2.24) is 10.2 Å². The van der Waals surface area contributed by atoms with Crippen LogP contribution in [0.25, 0.3) is 0 Å². The lowest BCUT2D eigenvalue weighted by Crippen LogP contribution is -2.59. The molecule has 0 aromatic rings. The predicted octanol–water partition coefficient (Wildman–Crippen LogP) is 1.35. The third kappa shape index (κ3) is 6.03. The number of primary amides is 1. The van der Waals surface area contributed by atoms with Gasteiger partial charge >= 0.3 is 0 Å². The van der Waals surface area contributed by atoms with Crippen molar-refractivity contribution in [2.45, 2.75) is 52.5 Å². The first-order valence-corrected chi connectivity index (χ1v) is 6.77. The van der Waals surface area contributed by atoms with Gasteiger partial charge in [0.2, 0.25) is 5.91 Å². The Morgan fingerprint density at radius 2 is 1.71 bits per heavy atom. The van der Waals surface area contributed by atoms with Gasteiger partial charge in [0.15, 0.2) is 0 Å². The molecule has 1 amide bonds. The van der Waals surface area contributed by atoms with E-state index in [9.17, 15) is 4.79 Å². The van der Waals surface area contributed by atoms with Crippen LogP contribution >= 0.6 is 0 Å². The van der Waals surface area contributed by atoms with Crippen LogP contribution in [-0.4, -0.2) is 42.5 Å². The fourth-order valence-corrected chi connectivity index (χ4v) is 1.97. The Labute approximate surface area is 106 Å². The average Bonchev–Trinajstić information content (AvgIpc) is 2.27. The molecule has 0 saturated carbocycles. The van der Waals surface area contributed by atoms with Crippen LogP contribution in [0.2, 0.25) is 0 Å². The van der Waals surface area contributed by atoms with Crippen LogP contribution in [0.15, 0.2) is 0 Å². The summed E-state index contributed by atoms with van der Waals surface area (Å²) >= 11 is 0. The van der Waals surface area contributed by atoms with E-state index in [0.29, 0.717) is 6.54 Å². The second kappa shape index (κ2) is 8.48. The maximum Gasteiger partial charge on any atom is 0.238 e. The van der Waals surface area contributed by atoms with E-state index >= 15 is 0 Å². The first kappa shape index (κ1) is 16.4. The second-order valence-electron chi connectivity index (χ2n) is 4.90. The smallest absolute Gasteiger partial charge is 0.238 e. The average molecular weight is 243 g/mol. The topological polar surface area (TPSA) is 58.4 Å². The monoisotopic (exact) mass is 243 g/mol. The van der Waals surface area contributed by atoms with Crippen molar-refractivity contribution in [3.63, 3.8) is 0 Å². The number of rotatable bonds is 10. The highest BCUT2D eigenvalue weighted by molar-refractivity contribution is 5.84. The molecular formula is C13H29N3O. The Hall–Kier alpha value is -0.610. The Balaban J connectivity index is 4.52. The van der Waals surface area contributed by atoms with E-state index in [1.807, 2.05) is 6.92 Å². The van der Waals surface area contributed by atoms with Gasteiger partial charge in [0.1, 0.15) is 5.54 Å². The van der Waals surface area contributed by atoms with Crippen LogP contribution in [0.3, 0.4) is 0 Å². The van der Waals surface area contributed by atoms with E-state index < -0.39 is 5.54 Å². The Morgan fingerprint density at radius 1 is 1.18 bits per heavy atom. The number of nitrogens with one attached hydrogen (secondary N) is 1. The van der Waals surface area contributed by atoms with Gasteiger partial charge < -0.3 is 16.0 Å². The molecule has 0 aliphatic heterocycles. The second-order valence-corrected chi connectivity index (χ2v) is 4.90. The molecule has 0 aromatic carbocycles. The van der Waals surface area contributed by atoms with E-state index in [1.165, 1.54) is 0 Å². The van der Waals surface area contributed by atoms with Crippen LogP contribution in [-0.2, 0) is 4.79 Å². The molecule has 0 heterocycles. The van der Waals surface area contributed by atoms with Gasteiger partial charge in [-0.2, -0.15) is 0 Å². The molecule has 0 saturated heterocycles. The van der Waals surface area contributed by atoms with Crippen molar-refractivity contribution in [3.05, 3.63) is 0 Å². The van der Waals surface area contributed by atoms with E-state index in [0.717, 1.165) is 38.9 Å². The quantitative estimate of drug-likeness (QED) is 0.609. The van der Waals surface area contributed by atoms with Crippen LogP contribution < -0.4 is 11.1 Å². The molecule has 0 bridgehead atoms. The Kier molecular flexibility index (Phi) is 8.17. The fraction of sp³-hybridized carbons (Fsp3) is 0.923. The molecule has 1 unspecified atom stereocenters. The molecular weight excluding hydrogens is 214 g/mol. The van der Waals surface area contributed by atoms with E-state index in [1.54, 1.807) is 0 Å². The fourth-order valence-electron chi connectivity index (χ4n) is 1.97. The predicted molar refractivity (Wildman–Crippen MR) is 72.9 cm³/mol. The molecule has 17 heavy (non-hydrogen) atoms. The highest BCUT2D eigenvalue weighted by atomic mass is 16.1. The Morgan fingerprint density at radius 3 is 2.06 bits per heavy atom. The van der Waals surface area contributed by atoms with Crippen molar-refractivity contribution in [2.75, 3.05) is 26.2 Å². The largest absolute Gasteiger partial charge is 0.368 e. The van der Waals surface area contributed by atoms with Gasteiger partial charge in [-0.05, 0) is 45.8 Å². The van der Waals surface area contributed by atoms with Gasteiger partial charge in [-0.3, -0.25) is 4.79 Å². The summed E-state index contributed by atoms with van der Waals surface area (Å²) in [5.74, 6) is -0.261. The van der Waals surface area contributed by atoms with Gasteiger partial charge in [0.25, 0.3) is 0 Å².